The summed E-state index contributed by atoms with van der Waals surface area (Å²) in [7, 11) is 0. The molecular weight excluding hydrogens is 216 g/mol. The van der Waals surface area contributed by atoms with E-state index in [0.29, 0.717) is 17.2 Å². The highest BCUT2D eigenvalue weighted by molar-refractivity contribution is 5.95. The predicted molar refractivity (Wildman–Crippen MR) is 66.1 cm³/mol. The largest absolute Gasteiger partial charge is 0.466 e. The van der Waals surface area contributed by atoms with E-state index in [-0.39, 0.29) is 11.9 Å². The zero-order valence-corrected chi connectivity index (χ0v) is 10.7. The zero-order chi connectivity index (χ0) is 12.4. The molecule has 2 rings (SSSR count). The van der Waals surface area contributed by atoms with Gasteiger partial charge in [-0.2, -0.15) is 0 Å². The topological polar surface area (TPSA) is 54.3 Å². The highest BCUT2D eigenvalue weighted by Gasteiger charge is 2.24. The Morgan fingerprint density at radius 1 is 1.59 bits per heavy atom. The van der Waals surface area contributed by atoms with Crippen molar-refractivity contribution in [1.29, 1.82) is 0 Å². The number of furan rings is 1. The van der Waals surface area contributed by atoms with E-state index in [9.17, 15) is 4.79 Å². The minimum atomic E-state index is -0.0289. The van der Waals surface area contributed by atoms with Crippen molar-refractivity contribution < 1.29 is 9.21 Å². The molecule has 17 heavy (non-hydrogen) atoms. The van der Waals surface area contributed by atoms with Crippen molar-refractivity contribution in [2.24, 2.45) is 5.92 Å². The second-order valence-corrected chi connectivity index (χ2v) is 4.84. The first-order chi connectivity index (χ1) is 8.08. The molecule has 0 aromatic carbocycles. The van der Waals surface area contributed by atoms with Crippen molar-refractivity contribution in [2.45, 2.75) is 33.2 Å². The van der Waals surface area contributed by atoms with Gasteiger partial charge in [-0.25, -0.2) is 0 Å². The lowest BCUT2D eigenvalue weighted by atomic mass is 10.0. The molecule has 94 valence electrons. The van der Waals surface area contributed by atoms with Crippen LogP contribution in [0.5, 0.6) is 0 Å². The number of hydrogen-bond acceptors (Lipinski definition) is 3. The number of amides is 1. The third-order valence-electron chi connectivity index (χ3n) is 3.45. The van der Waals surface area contributed by atoms with Gasteiger partial charge in [0.15, 0.2) is 0 Å². The molecule has 4 nitrogen and oxygen atoms in total. The third-order valence-corrected chi connectivity index (χ3v) is 3.45. The smallest absolute Gasteiger partial charge is 0.255 e. The average molecular weight is 236 g/mol. The number of rotatable bonds is 3. The lowest BCUT2D eigenvalue weighted by Crippen LogP contribution is -2.39. The van der Waals surface area contributed by atoms with Crippen molar-refractivity contribution in [2.75, 3.05) is 13.1 Å². The second-order valence-electron chi connectivity index (χ2n) is 4.84. The Labute approximate surface area is 102 Å². The third kappa shape index (κ3) is 2.69. The molecule has 2 N–H and O–H groups in total. The van der Waals surface area contributed by atoms with Crippen LogP contribution in [0.2, 0.25) is 0 Å². The molecule has 1 aromatic rings. The van der Waals surface area contributed by atoms with Crippen LogP contribution < -0.4 is 10.6 Å². The van der Waals surface area contributed by atoms with Crippen molar-refractivity contribution >= 4 is 5.91 Å². The summed E-state index contributed by atoms with van der Waals surface area (Å²) in [5.41, 5.74) is 0.653. The first-order valence-electron chi connectivity index (χ1n) is 6.16. The van der Waals surface area contributed by atoms with Crippen molar-refractivity contribution in [3.63, 3.8) is 0 Å². The number of nitrogens with one attached hydrogen (secondary N) is 2. The second kappa shape index (κ2) is 4.92. The number of hydrogen-bond donors (Lipinski definition) is 2. The molecule has 0 aliphatic carbocycles. The van der Waals surface area contributed by atoms with Crippen LogP contribution in [0.15, 0.2) is 10.5 Å². The summed E-state index contributed by atoms with van der Waals surface area (Å²) in [5.74, 6) is 1.98. The van der Waals surface area contributed by atoms with E-state index in [0.717, 1.165) is 25.3 Å². The predicted octanol–water partition coefficient (Wildman–Crippen LogP) is 1.62. The van der Waals surface area contributed by atoms with Gasteiger partial charge < -0.3 is 15.1 Å². The quantitative estimate of drug-likeness (QED) is 0.838. The minimum absolute atomic E-state index is 0.0289. The van der Waals surface area contributed by atoms with Crippen LogP contribution in [0, 0.1) is 19.8 Å². The van der Waals surface area contributed by atoms with E-state index in [2.05, 4.69) is 17.6 Å². The van der Waals surface area contributed by atoms with Gasteiger partial charge in [0.1, 0.15) is 11.5 Å². The fraction of sp³-hybridized carbons (Fsp3) is 0.615. The molecule has 1 fully saturated rings. The van der Waals surface area contributed by atoms with Crippen molar-refractivity contribution in [1.82, 2.24) is 10.6 Å². The van der Waals surface area contributed by atoms with E-state index < -0.39 is 0 Å². The highest BCUT2D eigenvalue weighted by Crippen LogP contribution is 2.16. The molecule has 0 radical (unpaired) electrons. The molecule has 1 aliphatic heterocycles. The summed E-state index contributed by atoms with van der Waals surface area (Å²) in [6.07, 6.45) is 1.13. The molecule has 2 atom stereocenters. The molecule has 1 aliphatic rings. The fourth-order valence-electron chi connectivity index (χ4n) is 2.36. The monoisotopic (exact) mass is 236 g/mol. The number of carbonyl (C=O) groups excluding carboxylic acids is 1. The Hall–Kier alpha value is -1.29. The van der Waals surface area contributed by atoms with Crippen LogP contribution in [0.1, 0.15) is 35.2 Å². The SMILES string of the molecule is Cc1cc(C(=O)NC(C)C2CCNC2)c(C)o1. The average Bonchev–Trinajstić information content (AvgIpc) is 2.87. The van der Waals surface area contributed by atoms with Crippen molar-refractivity contribution in [3.8, 4) is 0 Å². The van der Waals surface area contributed by atoms with Gasteiger partial charge in [-0.15, -0.1) is 0 Å². The summed E-state index contributed by atoms with van der Waals surface area (Å²) < 4.78 is 5.37. The maximum atomic E-state index is 12.1. The van der Waals surface area contributed by atoms with Gasteiger partial charge >= 0.3 is 0 Å². The summed E-state index contributed by atoms with van der Waals surface area (Å²) in [4.78, 5) is 12.1. The van der Waals surface area contributed by atoms with E-state index in [4.69, 9.17) is 4.42 Å². The standard InChI is InChI=1S/C13H20N2O2/c1-8-6-12(10(3)17-8)13(16)15-9(2)11-4-5-14-7-11/h6,9,11,14H,4-5,7H2,1-3H3,(H,15,16). The number of aryl methyl sites for hydroxylation is 2. The summed E-state index contributed by atoms with van der Waals surface area (Å²) >= 11 is 0. The Kier molecular flexibility index (Phi) is 3.52. The van der Waals surface area contributed by atoms with Gasteiger partial charge in [0.05, 0.1) is 5.56 Å². The van der Waals surface area contributed by atoms with E-state index in [1.165, 1.54) is 0 Å². The van der Waals surface area contributed by atoms with Crippen LogP contribution in [0.3, 0.4) is 0 Å². The van der Waals surface area contributed by atoms with Gasteiger partial charge in [-0.3, -0.25) is 4.79 Å². The zero-order valence-electron chi connectivity index (χ0n) is 10.7. The number of carbonyl (C=O) groups is 1. The van der Waals surface area contributed by atoms with Gasteiger partial charge in [-0.1, -0.05) is 0 Å². The van der Waals surface area contributed by atoms with Crippen LogP contribution in [-0.2, 0) is 0 Å². The van der Waals surface area contributed by atoms with Crippen LogP contribution in [-0.4, -0.2) is 25.0 Å². The van der Waals surface area contributed by atoms with Gasteiger partial charge in [0, 0.05) is 6.04 Å². The first-order valence-corrected chi connectivity index (χ1v) is 6.16. The molecule has 1 amide bonds. The lowest BCUT2D eigenvalue weighted by Gasteiger charge is -2.19. The van der Waals surface area contributed by atoms with Crippen LogP contribution in [0.25, 0.3) is 0 Å². The fourth-order valence-corrected chi connectivity index (χ4v) is 2.36. The summed E-state index contributed by atoms with van der Waals surface area (Å²) in [5, 5.41) is 6.37. The molecule has 2 heterocycles. The lowest BCUT2D eigenvalue weighted by molar-refractivity contribution is 0.0927. The Morgan fingerprint density at radius 3 is 2.88 bits per heavy atom. The first kappa shape index (κ1) is 12.2. The van der Waals surface area contributed by atoms with Crippen LogP contribution >= 0.6 is 0 Å². The molecule has 1 saturated heterocycles. The molecule has 0 saturated carbocycles. The molecular formula is C13H20N2O2. The van der Waals surface area contributed by atoms with E-state index in [1.807, 2.05) is 13.8 Å². The molecule has 2 unspecified atom stereocenters. The molecule has 4 heteroatoms. The normalized spacial score (nSPS) is 21.5. The van der Waals surface area contributed by atoms with Crippen LogP contribution in [0.4, 0.5) is 0 Å². The maximum Gasteiger partial charge on any atom is 0.255 e. The van der Waals surface area contributed by atoms with E-state index in [1.54, 1.807) is 6.07 Å². The highest BCUT2D eigenvalue weighted by atomic mass is 16.3. The van der Waals surface area contributed by atoms with Gasteiger partial charge in [-0.05, 0) is 52.3 Å². The van der Waals surface area contributed by atoms with E-state index >= 15 is 0 Å². The maximum absolute atomic E-state index is 12.1. The Balaban J connectivity index is 1.98. The molecule has 0 spiro atoms. The van der Waals surface area contributed by atoms with Gasteiger partial charge in [0.2, 0.25) is 0 Å². The van der Waals surface area contributed by atoms with Crippen molar-refractivity contribution in [3.05, 3.63) is 23.2 Å². The molecule has 1 aromatic heterocycles. The summed E-state index contributed by atoms with van der Waals surface area (Å²) in [6.45, 7) is 7.79. The molecule has 0 bridgehead atoms. The van der Waals surface area contributed by atoms with Gasteiger partial charge in [0.25, 0.3) is 5.91 Å². The Morgan fingerprint density at radius 2 is 2.35 bits per heavy atom. The summed E-state index contributed by atoms with van der Waals surface area (Å²) in [6, 6.07) is 2.00. The minimum Gasteiger partial charge on any atom is -0.466 e. The Bertz CT molecular complexity index is 406.